The van der Waals surface area contributed by atoms with Crippen LogP contribution < -0.4 is 5.43 Å². The van der Waals surface area contributed by atoms with Gasteiger partial charge in [-0.3, -0.25) is 10.2 Å². The van der Waals surface area contributed by atoms with Gasteiger partial charge in [0.05, 0.1) is 5.41 Å². The fourth-order valence-electron chi connectivity index (χ4n) is 2.46. The van der Waals surface area contributed by atoms with Crippen LogP contribution in [-0.4, -0.2) is 29.7 Å². The highest BCUT2D eigenvalue weighted by molar-refractivity contribution is 6.30. The lowest BCUT2D eigenvalue weighted by atomic mass is 9.94. The molecule has 3 nitrogen and oxygen atoms in total. The van der Waals surface area contributed by atoms with E-state index >= 15 is 0 Å². The van der Waals surface area contributed by atoms with Crippen LogP contribution in [0.2, 0.25) is 5.02 Å². The molecular weight excluding hydrogens is 317 g/mol. The first-order chi connectivity index (χ1) is 10.1. The highest BCUT2D eigenvalue weighted by atomic mass is 35.5. The van der Waals surface area contributed by atoms with Gasteiger partial charge >= 0.3 is 6.18 Å². The van der Waals surface area contributed by atoms with Gasteiger partial charge in [0.1, 0.15) is 6.04 Å². The van der Waals surface area contributed by atoms with Crippen LogP contribution >= 0.6 is 11.6 Å². The van der Waals surface area contributed by atoms with Crippen molar-refractivity contribution in [2.45, 2.75) is 38.9 Å². The quantitative estimate of drug-likeness (QED) is 0.913. The van der Waals surface area contributed by atoms with E-state index in [0.717, 1.165) is 10.6 Å². The van der Waals surface area contributed by atoms with Crippen LogP contribution in [0, 0.1) is 5.41 Å². The molecule has 1 saturated heterocycles. The van der Waals surface area contributed by atoms with Gasteiger partial charge in [0.15, 0.2) is 0 Å². The number of benzene rings is 1. The van der Waals surface area contributed by atoms with Gasteiger partial charge in [0.2, 0.25) is 5.91 Å². The molecular formula is C15H18ClF3N2O. The molecule has 1 N–H and O–H groups in total. The molecule has 1 aromatic rings. The summed E-state index contributed by atoms with van der Waals surface area (Å²) in [7, 11) is 0. The predicted molar refractivity (Wildman–Crippen MR) is 78.2 cm³/mol. The van der Waals surface area contributed by atoms with Gasteiger partial charge in [-0.15, -0.1) is 0 Å². The van der Waals surface area contributed by atoms with E-state index in [2.05, 4.69) is 5.43 Å². The Morgan fingerprint density at radius 3 is 2.36 bits per heavy atom. The van der Waals surface area contributed by atoms with E-state index < -0.39 is 17.6 Å². The lowest BCUT2D eigenvalue weighted by Gasteiger charge is -2.29. The first kappa shape index (κ1) is 17.1. The zero-order valence-electron chi connectivity index (χ0n) is 12.4. The maximum absolute atomic E-state index is 13.3. The molecule has 22 heavy (non-hydrogen) atoms. The minimum atomic E-state index is -4.40. The lowest BCUT2D eigenvalue weighted by molar-refractivity contribution is -0.190. The second-order valence-corrected chi connectivity index (χ2v) is 6.61. The smallest absolute Gasteiger partial charge is 0.288 e. The SMILES string of the molecule is CC1(C)CN([C@@H](CCc2ccc(Cl)cc2)C(F)(F)F)NC1=O. The van der Waals surface area contributed by atoms with Crippen molar-refractivity contribution in [1.29, 1.82) is 0 Å². The van der Waals surface area contributed by atoms with Gasteiger partial charge in [-0.1, -0.05) is 23.7 Å². The topological polar surface area (TPSA) is 32.3 Å². The van der Waals surface area contributed by atoms with Crippen LogP contribution in [0.3, 0.4) is 0 Å². The Kier molecular flexibility index (Phi) is 4.73. The fraction of sp³-hybridized carbons (Fsp3) is 0.533. The number of hydrogen-bond acceptors (Lipinski definition) is 2. The zero-order chi connectivity index (χ0) is 16.5. The minimum Gasteiger partial charge on any atom is -0.288 e. The lowest BCUT2D eigenvalue weighted by Crippen LogP contribution is -2.50. The van der Waals surface area contributed by atoms with Crippen LogP contribution in [0.15, 0.2) is 24.3 Å². The number of nitrogens with zero attached hydrogens (tertiary/aromatic N) is 1. The Hall–Kier alpha value is -1.27. The number of carbonyl (C=O) groups is 1. The summed E-state index contributed by atoms with van der Waals surface area (Å²) in [5.74, 6) is -0.381. The van der Waals surface area contributed by atoms with E-state index in [1.807, 2.05) is 0 Å². The molecule has 2 rings (SSSR count). The number of alkyl halides is 3. The number of aryl methyl sites for hydroxylation is 1. The Labute approximate surface area is 132 Å². The molecule has 0 bridgehead atoms. The standard InChI is InChI=1S/C15H18ClF3N2O/c1-14(2)9-21(20-13(14)22)12(15(17,18)19)8-5-10-3-6-11(16)7-4-10/h3-4,6-7,12H,5,8-9H2,1-2H3,(H,20,22)/t12-/m0/s1. The molecule has 1 heterocycles. The molecule has 1 aromatic carbocycles. The van der Waals surface area contributed by atoms with E-state index in [9.17, 15) is 18.0 Å². The monoisotopic (exact) mass is 334 g/mol. The van der Waals surface area contributed by atoms with Crippen molar-refractivity contribution in [3.05, 3.63) is 34.9 Å². The van der Waals surface area contributed by atoms with E-state index in [1.165, 1.54) is 0 Å². The third-order valence-electron chi connectivity index (χ3n) is 3.80. The second kappa shape index (κ2) is 6.08. The normalized spacial score (nSPS) is 20.0. The number of rotatable bonds is 4. The molecule has 0 radical (unpaired) electrons. The third kappa shape index (κ3) is 3.93. The van der Waals surface area contributed by atoms with Gasteiger partial charge < -0.3 is 0 Å². The minimum absolute atomic E-state index is 0.0383. The van der Waals surface area contributed by atoms with Crippen molar-refractivity contribution in [2.75, 3.05) is 6.54 Å². The Balaban J connectivity index is 2.08. The molecule has 122 valence electrons. The van der Waals surface area contributed by atoms with Gasteiger partial charge in [-0.05, 0) is 44.4 Å². The summed E-state index contributed by atoms with van der Waals surface area (Å²) in [5.41, 5.74) is 2.31. The molecule has 1 aliphatic rings. The van der Waals surface area contributed by atoms with Gasteiger partial charge in [0, 0.05) is 11.6 Å². The molecule has 1 aliphatic heterocycles. The largest absolute Gasteiger partial charge is 0.405 e. The molecule has 7 heteroatoms. The van der Waals surface area contributed by atoms with Crippen molar-refractivity contribution in [3.63, 3.8) is 0 Å². The van der Waals surface area contributed by atoms with Gasteiger partial charge in [0.25, 0.3) is 0 Å². The summed E-state index contributed by atoms with van der Waals surface area (Å²) in [4.78, 5) is 11.7. The molecule has 0 unspecified atom stereocenters. The Morgan fingerprint density at radius 1 is 1.32 bits per heavy atom. The second-order valence-electron chi connectivity index (χ2n) is 6.18. The number of hydrazine groups is 1. The molecule has 0 aliphatic carbocycles. The highest BCUT2D eigenvalue weighted by Gasteiger charge is 2.49. The van der Waals surface area contributed by atoms with E-state index in [4.69, 9.17) is 11.6 Å². The van der Waals surface area contributed by atoms with E-state index in [0.29, 0.717) is 5.02 Å². The maximum atomic E-state index is 13.3. The van der Waals surface area contributed by atoms with Crippen molar-refractivity contribution >= 4 is 17.5 Å². The number of hydrogen-bond donors (Lipinski definition) is 1. The third-order valence-corrected chi connectivity index (χ3v) is 4.05. The Morgan fingerprint density at radius 2 is 1.91 bits per heavy atom. The first-order valence-corrected chi connectivity index (χ1v) is 7.36. The molecule has 0 saturated carbocycles. The highest BCUT2D eigenvalue weighted by Crippen LogP contribution is 2.33. The van der Waals surface area contributed by atoms with Crippen molar-refractivity contribution < 1.29 is 18.0 Å². The van der Waals surface area contributed by atoms with Crippen molar-refractivity contribution in [1.82, 2.24) is 10.4 Å². The van der Waals surface area contributed by atoms with Crippen molar-refractivity contribution in [2.24, 2.45) is 5.41 Å². The number of carbonyl (C=O) groups excluding carboxylic acids is 1. The summed E-state index contributed by atoms with van der Waals surface area (Å²) < 4.78 is 39.9. The predicted octanol–water partition coefficient (Wildman–Crippen LogP) is 3.58. The van der Waals surface area contributed by atoms with Gasteiger partial charge in [-0.25, -0.2) is 5.01 Å². The van der Waals surface area contributed by atoms with Crippen LogP contribution in [0.25, 0.3) is 0 Å². The zero-order valence-corrected chi connectivity index (χ0v) is 13.1. The van der Waals surface area contributed by atoms with Crippen LogP contribution in [-0.2, 0) is 11.2 Å². The first-order valence-electron chi connectivity index (χ1n) is 6.98. The number of halogens is 4. The number of amides is 1. The van der Waals surface area contributed by atoms with Crippen LogP contribution in [0.4, 0.5) is 13.2 Å². The average molecular weight is 335 g/mol. The summed E-state index contributed by atoms with van der Waals surface area (Å²) >= 11 is 5.76. The average Bonchev–Trinajstić information content (AvgIpc) is 2.64. The number of nitrogens with one attached hydrogen (secondary N) is 1. The molecule has 0 spiro atoms. The van der Waals surface area contributed by atoms with Crippen LogP contribution in [0.5, 0.6) is 0 Å². The van der Waals surface area contributed by atoms with Crippen LogP contribution in [0.1, 0.15) is 25.8 Å². The van der Waals surface area contributed by atoms with Gasteiger partial charge in [-0.2, -0.15) is 13.2 Å². The summed E-state index contributed by atoms with van der Waals surface area (Å²) in [6.45, 7) is 3.31. The maximum Gasteiger partial charge on any atom is 0.405 e. The molecule has 1 atom stereocenters. The van der Waals surface area contributed by atoms with Crippen molar-refractivity contribution in [3.8, 4) is 0 Å². The fourth-order valence-corrected chi connectivity index (χ4v) is 2.58. The summed E-state index contributed by atoms with van der Waals surface area (Å²) in [5, 5.41) is 1.56. The molecule has 1 amide bonds. The van der Waals surface area contributed by atoms with E-state index in [-0.39, 0.29) is 25.3 Å². The molecule has 0 aromatic heterocycles. The van der Waals surface area contributed by atoms with E-state index in [1.54, 1.807) is 38.1 Å². The Bertz CT molecular complexity index is 543. The summed E-state index contributed by atoms with van der Waals surface area (Å²) in [6, 6.07) is 5.03. The summed E-state index contributed by atoms with van der Waals surface area (Å²) in [6.07, 6.45) is -4.27. The molecule has 1 fully saturated rings.